The van der Waals surface area contributed by atoms with Crippen molar-refractivity contribution in [1.29, 1.82) is 0 Å². The lowest BCUT2D eigenvalue weighted by Crippen LogP contribution is -2.17. The lowest BCUT2D eigenvalue weighted by atomic mass is 10.2. The van der Waals surface area contributed by atoms with Crippen LogP contribution in [0.15, 0.2) is 36.4 Å². The van der Waals surface area contributed by atoms with Gasteiger partial charge in [-0.2, -0.15) is 0 Å². The number of pyridine rings is 1. The van der Waals surface area contributed by atoms with Crippen molar-refractivity contribution < 1.29 is 0 Å². The van der Waals surface area contributed by atoms with Crippen molar-refractivity contribution in [3.63, 3.8) is 0 Å². The Morgan fingerprint density at radius 1 is 1.10 bits per heavy atom. The summed E-state index contributed by atoms with van der Waals surface area (Å²) in [4.78, 5) is 6.70. The summed E-state index contributed by atoms with van der Waals surface area (Å²) in [6.07, 6.45) is 2.62. The zero-order valence-electron chi connectivity index (χ0n) is 12.3. The highest BCUT2D eigenvalue weighted by atomic mass is 35.5. The third-order valence-electron chi connectivity index (χ3n) is 3.94. The van der Waals surface area contributed by atoms with Crippen LogP contribution in [0.4, 0.5) is 11.4 Å². The average molecular weight is 302 g/mol. The van der Waals surface area contributed by atoms with E-state index in [1.807, 2.05) is 19.1 Å². The lowest BCUT2D eigenvalue weighted by molar-refractivity contribution is 0.949. The van der Waals surface area contributed by atoms with E-state index >= 15 is 0 Å². The molecule has 1 saturated heterocycles. The second-order valence-electron chi connectivity index (χ2n) is 5.48. The van der Waals surface area contributed by atoms with Crippen LogP contribution in [0, 0.1) is 6.92 Å². The van der Waals surface area contributed by atoms with Crippen LogP contribution in [-0.2, 0) is 6.54 Å². The Morgan fingerprint density at radius 2 is 1.81 bits per heavy atom. The minimum absolute atomic E-state index is 0.535. The van der Waals surface area contributed by atoms with Gasteiger partial charge in [-0.05, 0) is 49.6 Å². The Bertz CT molecular complexity index is 604. The van der Waals surface area contributed by atoms with Crippen LogP contribution in [-0.4, -0.2) is 18.1 Å². The molecule has 1 aliphatic heterocycles. The van der Waals surface area contributed by atoms with Crippen molar-refractivity contribution in [3.8, 4) is 0 Å². The molecule has 110 valence electrons. The van der Waals surface area contributed by atoms with Crippen molar-refractivity contribution in [3.05, 3.63) is 52.8 Å². The molecule has 3 rings (SSSR count). The van der Waals surface area contributed by atoms with Crippen LogP contribution in [0.25, 0.3) is 0 Å². The SMILES string of the molecule is Cc1nc(Cl)ccc1NCc1ccc(N2CCCC2)cc1. The first-order chi connectivity index (χ1) is 10.2. The first-order valence-electron chi connectivity index (χ1n) is 7.43. The van der Waals surface area contributed by atoms with Crippen molar-refractivity contribution in [1.82, 2.24) is 4.98 Å². The number of benzene rings is 1. The van der Waals surface area contributed by atoms with Crippen LogP contribution < -0.4 is 10.2 Å². The van der Waals surface area contributed by atoms with Crippen LogP contribution >= 0.6 is 11.6 Å². The van der Waals surface area contributed by atoms with Gasteiger partial charge < -0.3 is 10.2 Å². The number of aryl methyl sites for hydroxylation is 1. The summed E-state index contributed by atoms with van der Waals surface area (Å²) in [5, 5.41) is 3.95. The van der Waals surface area contributed by atoms with Gasteiger partial charge in [0.1, 0.15) is 5.15 Å². The first-order valence-corrected chi connectivity index (χ1v) is 7.81. The number of nitrogens with zero attached hydrogens (tertiary/aromatic N) is 2. The summed E-state index contributed by atoms with van der Waals surface area (Å²) in [7, 11) is 0. The third-order valence-corrected chi connectivity index (χ3v) is 4.15. The molecule has 0 atom stereocenters. The van der Waals surface area contributed by atoms with Crippen LogP contribution in [0.3, 0.4) is 0 Å². The summed E-state index contributed by atoms with van der Waals surface area (Å²) in [6, 6.07) is 12.6. The van der Waals surface area contributed by atoms with E-state index in [1.165, 1.54) is 37.2 Å². The highest BCUT2D eigenvalue weighted by molar-refractivity contribution is 6.29. The van der Waals surface area contributed by atoms with E-state index < -0.39 is 0 Å². The van der Waals surface area contributed by atoms with E-state index in [-0.39, 0.29) is 0 Å². The van der Waals surface area contributed by atoms with Gasteiger partial charge >= 0.3 is 0 Å². The molecule has 4 heteroatoms. The molecule has 1 aromatic carbocycles. The second-order valence-corrected chi connectivity index (χ2v) is 5.87. The molecule has 1 aromatic heterocycles. The predicted octanol–water partition coefficient (Wildman–Crippen LogP) is 4.26. The fourth-order valence-corrected chi connectivity index (χ4v) is 2.90. The molecule has 0 saturated carbocycles. The molecule has 1 fully saturated rings. The molecule has 0 spiro atoms. The summed E-state index contributed by atoms with van der Waals surface area (Å²) in [5.41, 5.74) is 4.56. The van der Waals surface area contributed by atoms with Gasteiger partial charge in [0.25, 0.3) is 0 Å². The zero-order chi connectivity index (χ0) is 14.7. The Morgan fingerprint density at radius 3 is 2.48 bits per heavy atom. The van der Waals surface area contributed by atoms with E-state index in [2.05, 4.69) is 39.5 Å². The quantitative estimate of drug-likeness (QED) is 0.856. The van der Waals surface area contributed by atoms with Gasteiger partial charge in [-0.3, -0.25) is 0 Å². The molecule has 0 amide bonds. The normalized spacial score (nSPS) is 14.5. The number of nitrogens with one attached hydrogen (secondary N) is 1. The van der Waals surface area contributed by atoms with Crippen molar-refractivity contribution >= 4 is 23.0 Å². The van der Waals surface area contributed by atoms with Gasteiger partial charge in [-0.1, -0.05) is 23.7 Å². The van der Waals surface area contributed by atoms with Crippen molar-refractivity contribution in [2.24, 2.45) is 0 Å². The Kier molecular flexibility index (Phi) is 4.30. The number of hydrogen-bond donors (Lipinski definition) is 1. The van der Waals surface area contributed by atoms with Crippen LogP contribution in [0.1, 0.15) is 24.1 Å². The zero-order valence-corrected chi connectivity index (χ0v) is 13.0. The minimum atomic E-state index is 0.535. The third kappa shape index (κ3) is 3.48. The van der Waals surface area contributed by atoms with Crippen molar-refractivity contribution in [2.75, 3.05) is 23.3 Å². The largest absolute Gasteiger partial charge is 0.380 e. The molecule has 0 bridgehead atoms. The highest BCUT2D eigenvalue weighted by Crippen LogP contribution is 2.21. The second kappa shape index (κ2) is 6.35. The molecular weight excluding hydrogens is 282 g/mol. The van der Waals surface area contributed by atoms with Gasteiger partial charge in [0.05, 0.1) is 11.4 Å². The summed E-state index contributed by atoms with van der Waals surface area (Å²) in [5.74, 6) is 0. The Hall–Kier alpha value is -1.74. The fourth-order valence-electron chi connectivity index (χ4n) is 2.71. The number of aromatic nitrogens is 1. The van der Waals surface area contributed by atoms with E-state index in [4.69, 9.17) is 11.6 Å². The summed E-state index contributed by atoms with van der Waals surface area (Å²) >= 11 is 5.87. The molecule has 1 N–H and O–H groups in total. The van der Waals surface area contributed by atoms with E-state index in [1.54, 1.807) is 0 Å². The molecule has 0 unspecified atom stereocenters. The van der Waals surface area contributed by atoms with Crippen molar-refractivity contribution in [2.45, 2.75) is 26.3 Å². The van der Waals surface area contributed by atoms with Gasteiger partial charge in [0.2, 0.25) is 0 Å². The number of anilines is 2. The fraction of sp³-hybridized carbons (Fsp3) is 0.353. The van der Waals surface area contributed by atoms with Gasteiger partial charge in [-0.15, -0.1) is 0 Å². The van der Waals surface area contributed by atoms with E-state index in [9.17, 15) is 0 Å². The molecule has 1 aliphatic rings. The lowest BCUT2D eigenvalue weighted by Gasteiger charge is -2.18. The topological polar surface area (TPSA) is 28.2 Å². The minimum Gasteiger partial charge on any atom is -0.380 e. The van der Waals surface area contributed by atoms with Gasteiger partial charge in [0, 0.05) is 25.3 Å². The number of rotatable bonds is 4. The molecule has 2 aromatic rings. The highest BCUT2D eigenvalue weighted by Gasteiger charge is 2.11. The molecule has 0 aliphatic carbocycles. The Balaban J connectivity index is 1.62. The standard InChI is InChI=1S/C17H20ClN3/c1-13-16(8-9-17(18)20-13)19-12-14-4-6-15(7-5-14)21-10-2-3-11-21/h4-9,19H,2-3,10-12H2,1H3. The average Bonchev–Trinajstić information content (AvgIpc) is 3.01. The van der Waals surface area contributed by atoms with Gasteiger partial charge in [-0.25, -0.2) is 4.98 Å². The maximum atomic E-state index is 5.87. The van der Waals surface area contributed by atoms with E-state index in [0.717, 1.165) is 17.9 Å². The monoisotopic (exact) mass is 301 g/mol. The molecule has 3 nitrogen and oxygen atoms in total. The molecule has 0 radical (unpaired) electrons. The smallest absolute Gasteiger partial charge is 0.129 e. The number of halogens is 1. The van der Waals surface area contributed by atoms with Crippen LogP contribution in [0.5, 0.6) is 0 Å². The maximum Gasteiger partial charge on any atom is 0.129 e. The molecule has 21 heavy (non-hydrogen) atoms. The van der Waals surface area contributed by atoms with E-state index in [0.29, 0.717) is 5.15 Å². The van der Waals surface area contributed by atoms with Crippen LogP contribution in [0.2, 0.25) is 5.15 Å². The summed E-state index contributed by atoms with van der Waals surface area (Å²) < 4.78 is 0. The maximum absolute atomic E-state index is 5.87. The number of hydrogen-bond acceptors (Lipinski definition) is 3. The summed E-state index contributed by atoms with van der Waals surface area (Å²) in [6.45, 7) is 5.13. The molecule has 2 heterocycles. The first kappa shape index (κ1) is 14.2. The van der Waals surface area contributed by atoms with Gasteiger partial charge in [0.15, 0.2) is 0 Å². The molecular formula is C17H20ClN3. The predicted molar refractivity (Wildman–Crippen MR) is 89.2 cm³/mol. The Labute approximate surface area is 131 Å².